The Kier molecular flexibility index (Phi) is 6.60. The van der Waals surface area contributed by atoms with E-state index in [4.69, 9.17) is 18.9 Å². The minimum absolute atomic E-state index is 0.300. The van der Waals surface area contributed by atoms with Crippen LogP contribution in [0.1, 0.15) is 33.2 Å². The second-order valence-corrected chi connectivity index (χ2v) is 5.46. The van der Waals surface area contributed by atoms with Crippen molar-refractivity contribution in [2.75, 3.05) is 27.9 Å². The zero-order valence-corrected chi connectivity index (χ0v) is 15.3. The zero-order chi connectivity index (χ0) is 19.1. The molecule has 0 aliphatic carbocycles. The Labute approximate surface area is 152 Å². The molecule has 6 nitrogen and oxygen atoms in total. The van der Waals surface area contributed by atoms with Gasteiger partial charge in [0.2, 0.25) is 11.5 Å². The van der Waals surface area contributed by atoms with Gasteiger partial charge in [-0.1, -0.05) is 19.1 Å². The third kappa shape index (κ3) is 4.33. The molecule has 0 amide bonds. The molecule has 2 aromatic rings. The summed E-state index contributed by atoms with van der Waals surface area (Å²) >= 11 is 0. The summed E-state index contributed by atoms with van der Waals surface area (Å²) in [6.07, 6.45) is 0.884. The van der Waals surface area contributed by atoms with Crippen molar-refractivity contribution >= 4 is 11.8 Å². The van der Waals surface area contributed by atoms with Crippen LogP contribution in [0.4, 0.5) is 0 Å². The topological polar surface area (TPSA) is 71.1 Å². The average molecular weight is 358 g/mol. The van der Waals surface area contributed by atoms with E-state index in [0.717, 1.165) is 12.0 Å². The van der Waals surface area contributed by atoms with E-state index in [1.165, 1.54) is 33.5 Å². The van der Waals surface area contributed by atoms with Crippen LogP contribution in [0.25, 0.3) is 0 Å². The molecule has 0 aromatic heterocycles. The highest BCUT2D eigenvalue weighted by Crippen LogP contribution is 2.38. The zero-order valence-electron chi connectivity index (χ0n) is 15.3. The number of ketones is 1. The minimum Gasteiger partial charge on any atom is -0.493 e. The second-order valence-electron chi connectivity index (χ2n) is 5.46. The number of ether oxygens (including phenoxy) is 4. The number of esters is 1. The molecule has 0 saturated heterocycles. The van der Waals surface area contributed by atoms with Crippen molar-refractivity contribution in [3.05, 3.63) is 53.1 Å². The molecule has 138 valence electrons. The Morgan fingerprint density at radius 1 is 0.846 bits per heavy atom. The highest BCUT2D eigenvalue weighted by molar-refractivity contribution is 6.00. The summed E-state index contributed by atoms with van der Waals surface area (Å²) in [7, 11) is 4.41. The summed E-state index contributed by atoms with van der Waals surface area (Å²) in [6, 6.07) is 10.1. The molecule has 2 rings (SSSR count). The first-order chi connectivity index (χ1) is 12.5. The molecule has 0 N–H and O–H groups in total. The molecular formula is C20H22O6. The number of carbonyl (C=O) groups is 2. The van der Waals surface area contributed by atoms with Crippen molar-refractivity contribution in [2.24, 2.45) is 0 Å². The van der Waals surface area contributed by atoms with Crippen molar-refractivity contribution in [3.8, 4) is 17.2 Å². The standard InChI is InChI=1S/C20H22O6/c1-5-13-6-8-14(9-7-13)20(22)26-12-16(21)15-10-17(23-2)19(25-4)18(11-15)24-3/h6-11H,5,12H2,1-4H3. The van der Waals surface area contributed by atoms with Gasteiger partial charge in [-0.3, -0.25) is 4.79 Å². The lowest BCUT2D eigenvalue weighted by atomic mass is 10.1. The van der Waals surface area contributed by atoms with Gasteiger partial charge in [0.05, 0.1) is 26.9 Å². The van der Waals surface area contributed by atoms with Crippen LogP contribution in [0.2, 0.25) is 0 Å². The first-order valence-electron chi connectivity index (χ1n) is 8.13. The van der Waals surface area contributed by atoms with Crippen LogP contribution in [0.3, 0.4) is 0 Å². The van der Waals surface area contributed by atoms with Crippen LogP contribution in [-0.2, 0) is 11.2 Å². The van der Waals surface area contributed by atoms with Crippen molar-refractivity contribution in [3.63, 3.8) is 0 Å². The van der Waals surface area contributed by atoms with Crippen LogP contribution in [0, 0.1) is 0 Å². The summed E-state index contributed by atoms with van der Waals surface area (Å²) in [6.45, 7) is 1.65. The molecule has 0 heterocycles. The fourth-order valence-corrected chi connectivity index (χ4v) is 2.42. The van der Waals surface area contributed by atoms with Gasteiger partial charge in [-0.15, -0.1) is 0 Å². The van der Waals surface area contributed by atoms with Gasteiger partial charge in [-0.2, -0.15) is 0 Å². The molecule has 0 radical (unpaired) electrons. The lowest BCUT2D eigenvalue weighted by Gasteiger charge is -2.13. The van der Waals surface area contributed by atoms with Gasteiger partial charge >= 0.3 is 5.97 Å². The summed E-state index contributed by atoms with van der Waals surface area (Å²) in [5, 5.41) is 0. The maximum Gasteiger partial charge on any atom is 0.338 e. The summed E-state index contributed by atoms with van der Waals surface area (Å²) in [5.41, 5.74) is 1.82. The first kappa shape index (κ1) is 19.3. The van der Waals surface area contributed by atoms with Crippen LogP contribution >= 0.6 is 0 Å². The average Bonchev–Trinajstić information content (AvgIpc) is 2.70. The molecule has 0 aliphatic heterocycles. The Morgan fingerprint density at radius 2 is 1.42 bits per heavy atom. The SMILES string of the molecule is CCc1ccc(C(=O)OCC(=O)c2cc(OC)c(OC)c(OC)c2)cc1. The lowest BCUT2D eigenvalue weighted by Crippen LogP contribution is -2.14. The predicted molar refractivity (Wildman–Crippen MR) is 96.5 cm³/mol. The Balaban J connectivity index is 2.10. The van der Waals surface area contributed by atoms with Crippen molar-refractivity contribution in [1.82, 2.24) is 0 Å². The van der Waals surface area contributed by atoms with E-state index in [9.17, 15) is 9.59 Å². The number of rotatable bonds is 8. The number of hydrogen-bond acceptors (Lipinski definition) is 6. The van der Waals surface area contributed by atoms with E-state index in [1.807, 2.05) is 19.1 Å². The van der Waals surface area contributed by atoms with E-state index in [1.54, 1.807) is 12.1 Å². The Morgan fingerprint density at radius 3 is 1.88 bits per heavy atom. The largest absolute Gasteiger partial charge is 0.493 e. The summed E-state index contributed by atoms with van der Waals surface area (Å²) < 4.78 is 20.8. The van der Waals surface area contributed by atoms with Gasteiger partial charge in [-0.05, 0) is 36.2 Å². The van der Waals surface area contributed by atoms with Gasteiger partial charge in [0.15, 0.2) is 18.1 Å². The first-order valence-corrected chi connectivity index (χ1v) is 8.13. The Bertz CT molecular complexity index is 754. The molecular weight excluding hydrogens is 336 g/mol. The van der Waals surface area contributed by atoms with Gasteiger partial charge in [-0.25, -0.2) is 4.79 Å². The maximum absolute atomic E-state index is 12.4. The third-order valence-corrected chi connectivity index (χ3v) is 3.92. The van der Waals surface area contributed by atoms with E-state index in [2.05, 4.69) is 0 Å². The number of Topliss-reactive ketones (excluding diaryl/α,β-unsaturated/α-hetero) is 1. The maximum atomic E-state index is 12.4. The molecule has 26 heavy (non-hydrogen) atoms. The fourth-order valence-electron chi connectivity index (χ4n) is 2.42. The van der Waals surface area contributed by atoms with E-state index in [0.29, 0.717) is 28.4 Å². The fraction of sp³-hybridized carbons (Fsp3) is 0.300. The summed E-state index contributed by atoms with van der Waals surface area (Å²) in [4.78, 5) is 24.5. The van der Waals surface area contributed by atoms with Gasteiger partial charge < -0.3 is 18.9 Å². The van der Waals surface area contributed by atoms with Crippen molar-refractivity contribution in [2.45, 2.75) is 13.3 Å². The smallest absolute Gasteiger partial charge is 0.338 e. The molecule has 0 fully saturated rings. The van der Waals surface area contributed by atoms with Crippen LogP contribution in [0.5, 0.6) is 17.2 Å². The number of hydrogen-bond donors (Lipinski definition) is 0. The van der Waals surface area contributed by atoms with Gasteiger partial charge in [0.1, 0.15) is 0 Å². The van der Waals surface area contributed by atoms with Crippen molar-refractivity contribution < 1.29 is 28.5 Å². The predicted octanol–water partition coefficient (Wildman–Crippen LogP) is 3.31. The molecule has 0 unspecified atom stereocenters. The highest BCUT2D eigenvalue weighted by Gasteiger charge is 2.18. The molecule has 6 heteroatoms. The number of aryl methyl sites for hydroxylation is 1. The number of methoxy groups -OCH3 is 3. The van der Waals surface area contributed by atoms with Crippen LogP contribution in [-0.4, -0.2) is 39.7 Å². The number of benzene rings is 2. The monoisotopic (exact) mass is 358 g/mol. The van der Waals surface area contributed by atoms with Crippen molar-refractivity contribution in [1.29, 1.82) is 0 Å². The summed E-state index contributed by atoms with van der Waals surface area (Å²) in [5.74, 6) is 0.184. The van der Waals surface area contributed by atoms with Crippen LogP contribution in [0.15, 0.2) is 36.4 Å². The minimum atomic E-state index is -0.548. The molecule has 0 spiro atoms. The molecule has 0 bridgehead atoms. The quantitative estimate of drug-likeness (QED) is 0.533. The second kappa shape index (κ2) is 8.89. The van der Waals surface area contributed by atoms with E-state index in [-0.39, 0.29) is 12.4 Å². The van der Waals surface area contributed by atoms with Gasteiger partial charge in [0.25, 0.3) is 0 Å². The molecule has 0 atom stereocenters. The van der Waals surface area contributed by atoms with Crippen LogP contribution < -0.4 is 14.2 Å². The molecule has 0 saturated carbocycles. The molecule has 0 aliphatic rings. The lowest BCUT2D eigenvalue weighted by molar-refractivity contribution is 0.0474. The Hall–Kier alpha value is -3.02. The van der Waals surface area contributed by atoms with E-state index < -0.39 is 5.97 Å². The van der Waals surface area contributed by atoms with E-state index >= 15 is 0 Å². The molecule has 2 aromatic carbocycles. The highest BCUT2D eigenvalue weighted by atomic mass is 16.5. The number of carbonyl (C=O) groups excluding carboxylic acids is 2. The van der Waals surface area contributed by atoms with Gasteiger partial charge in [0, 0.05) is 5.56 Å². The third-order valence-electron chi connectivity index (χ3n) is 3.92. The normalized spacial score (nSPS) is 10.2.